The van der Waals surface area contributed by atoms with Gasteiger partial charge in [0.2, 0.25) is 0 Å². The van der Waals surface area contributed by atoms with Crippen molar-refractivity contribution in [3.8, 4) is 28.1 Å². The van der Waals surface area contributed by atoms with Crippen molar-refractivity contribution in [2.75, 3.05) is 6.61 Å². The molecule has 3 heterocycles. The number of carboxylic acids is 1. The summed E-state index contributed by atoms with van der Waals surface area (Å²) in [5.74, 6) is -0.0341. The number of hydrogen-bond acceptors (Lipinski definition) is 4. The van der Waals surface area contributed by atoms with Gasteiger partial charge in [0.25, 0.3) is 0 Å². The van der Waals surface area contributed by atoms with Crippen molar-refractivity contribution in [2.45, 2.75) is 33.6 Å². The summed E-state index contributed by atoms with van der Waals surface area (Å²) in [5, 5.41) is 11.7. The standard InChI is InChI=1S/C31H26N2O3/c1-17-5-4-6-18(2)28(17)24-9-7-21-25(33-24)15-19(3)23(16-27(34)35)30(21)22-8-10-26-29-20(12-14-36-26)11-13-32-31(22)29/h4-11,13,15H,12,14,16H2,1-3H3,(H,34,35). The van der Waals surface area contributed by atoms with Crippen molar-refractivity contribution in [2.24, 2.45) is 0 Å². The molecule has 0 atom stereocenters. The van der Waals surface area contributed by atoms with Crippen LogP contribution in [0.4, 0.5) is 0 Å². The van der Waals surface area contributed by atoms with Gasteiger partial charge in [0.05, 0.1) is 29.8 Å². The molecule has 3 aromatic carbocycles. The first-order valence-corrected chi connectivity index (χ1v) is 12.2. The van der Waals surface area contributed by atoms with Gasteiger partial charge in [0.15, 0.2) is 0 Å². The second kappa shape index (κ2) is 8.45. The Morgan fingerprint density at radius 1 is 0.972 bits per heavy atom. The highest BCUT2D eigenvalue weighted by Gasteiger charge is 2.23. The second-order valence-electron chi connectivity index (χ2n) is 9.55. The zero-order valence-corrected chi connectivity index (χ0v) is 20.6. The van der Waals surface area contributed by atoms with Crippen LogP contribution in [0.5, 0.6) is 5.75 Å². The number of aromatic nitrogens is 2. The average molecular weight is 475 g/mol. The zero-order valence-electron chi connectivity index (χ0n) is 20.6. The quantitative estimate of drug-likeness (QED) is 0.318. The first kappa shape index (κ1) is 22.2. The zero-order chi connectivity index (χ0) is 25.0. The molecule has 5 heteroatoms. The molecule has 2 aromatic heterocycles. The van der Waals surface area contributed by atoms with E-state index in [4.69, 9.17) is 14.7 Å². The van der Waals surface area contributed by atoms with Crippen molar-refractivity contribution in [1.29, 1.82) is 0 Å². The Balaban J connectivity index is 1.68. The van der Waals surface area contributed by atoms with Gasteiger partial charge in [0, 0.05) is 34.5 Å². The van der Waals surface area contributed by atoms with Crippen LogP contribution in [0.1, 0.15) is 27.8 Å². The third kappa shape index (κ3) is 3.51. The van der Waals surface area contributed by atoms with Crippen molar-refractivity contribution < 1.29 is 14.6 Å². The summed E-state index contributed by atoms with van der Waals surface area (Å²) in [7, 11) is 0. The monoisotopic (exact) mass is 474 g/mol. The fourth-order valence-corrected chi connectivity index (χ4v) is 5.60. The molecule has 0 spiro atoms. The van der Waals surface area contributed by atoms with Gasteiger partial charge in [0.1, 0.15) is 5.75 Å². The van der Waals surface area contributed by atoms with E-state index in [1.807, 2.05) is 43.5 Å². The lowest BCUT2D eigenvalue weighted by Gasteiger charge is -2.22. The Labute approximate surface area is 209 Å². The third-order valence-corrected chi connectivity index (χ3v) is 7.23. The Morgan fingerprint density at radius 2 is 1.78 bits per heavy atom. The SMILES string of the molecule is Cc1cc2nc(-c3c(C)cccc3C)ccc2c(-c2ccc3c4c(ccnc24)CCO3)c1CC(=O)O. The minimum Gasteiger partial charge on any atom is -0.493 e. The number of aryl methyl sites for hydroxylation is 3. The number of rotatable bonds is 4. The van der Waals surface area contributed by atoms with E-state index < -0.39 is 5.97 Å². The molecule has 1 aliphatic rings. The molecule has 0 bridgehead atoms. The van der Waals surface area contributed by atoms with E-state index in [1.165, 1.54) is 16.7 Å². The van der Waals surface area contributed by atoms with E-state index in [2.05, 4.69) is 38.1 Å². The van der Waals surface area contributed by atoms with Crippen molar-refractivity contribution >= 4 is 27.8 Å². The fourth-order valence-electron chi connectivity index (χ4n) is 5.60. The van der Waals surface area contributed by atoms with Gasteiger partial charge in [-0.15, -0.1) is 0 Å². The lowest BCUT2D eigenvalue weighted by molar-refractivity contribution is -0.136. The van der Waals surface area contributed by atoms with E-state index >= 15 is 0 Å². The molecule has 0 amide bonds. The maximum Gasteiger partial charge on any atom is 0.307 e. The van der Waals surface area contributed by atoms with Gasteiger partial charge in [-0.05, 0) is 84.5 Å². The third-order valence-electron chi connectivity index (χ3n) is 7.23. The molecule has 0 fully saturated rings. The maximum atomic E-state index is 11.9. The summed E-state index contributed by atoms with van der Waals surface area (Å²) in [6.45, 7) is 6.82. The van der Waals surface area contributed by atoms with Gasteiger partial charge < -0.3 is 9.84 Å². The predicted octanol–water partition coefficient (Wildman–Crippen LogP) is 6.60. The number of ether oxygens (including phenoxy) is 1. The van der Waals surface area contributed by atoms with Gasteiger partial charge in [-0.2, -0.15) is 0 Å². The molecule has 1 N–H and O–H groups in total. The van der Waals surface area contributed by atoms with Crippen LogP contribution in [-0.4, -0.2) is 27.7 Å². The number of pyridine rings is 2. The topological polar surface area (TPSA) is 72.3 Å². The van der Waals surface area contributed by atoms with E-state index in [-0.39, 0.29) is 6.42 Å². The number of nitrogens with zero attached hydrogens (tertiary/aromatic N) is 2. The first-order valence-electron chi connectivity index (χ1n) is 12.2. The minimum absolute atomic E-state index is 0.0742. The number of aliphatic carboxylic acids is 1. The molecule has 0 saturated heterocycles. The van der Waals surface area contributed by atoms with Crippen LogP contribution in [0.25, 0.3) is 44.2 Å². The number of carbonyl (C=O) groups is 1. The van der Waals surface area contributed by atoms with Crippen molar-refractivity contribution in [3.05, 3.63) is 88.6 Å². The Hall–Kier alpha value is -4.25. The molecular formula is C31H26N2O3. The van der Waals surface area contributed by atoms with Crippen LogP contribution < -0.4 is 4.74 Å². The predicted molar refractivity (Wildman–Crippen MR) is 143 cm³/mol. The summed E-state index contributed by atoms with van der Waals surface area (Å²) in [6, 6.07) is 18.4. The van der Waals surface area contributed by atoms with Gasteiger partial charge in [-0.25, -0.2) is 4.98 Å². The van der Waals surface area contributed by atoms with Crippen LogP contribution in [0.15, 0.2) is 60.8 Å². The van der Waals surface area contributed by atoms with Crippen LogP contribution in [-0.2, 0) is 17.6 Å². The molecule has 5 nitrogen and oxygen atoms in total. The second-order valence-corrected chi connectivity index (χ2v) is 9.55. The molecule has 1 aliphatic heterocycles. The molecule has 5 aromatic rings. The number of carboxylic acid groups (broad SMARTS) is 1. The normalized spacial score (nSPS) is 12.6. The molecule has 0 unspecified atom stereocenters. The van der Waals surface area contributed by atoms with E-state index in [9.17, 15) is 9.90 Å². The summed E-state index contributed by atoms with van der Waals surface area (Å²) in [6.07, 6.45) is 2.59. The molecular weight excluding hydrogens is 448 g/mol. The Morgan fingerprint density at radius 3 is 2.56 bits per heavy atom. The number of hydrogen-bond donors (Lipinski definition) is 1. The smallest absolute Gasteiger partial charge is 0.307 e. The fraction of sp³-hybridized carbons (Fsp3) is 0.194. The van der Waals surface area contributed by atoms with Crippen LogP contribution >= 0.6 is 0 Å². The largest absolute Gasteiger partial charge is 0.493 e. The average Bonchev–Trinajstić information content (AvgIpc) is 2.85. The van der Waals surface area contributed by atoms with E-state index in [0.717, 1.165) is 67.5 Å². The summed E-state index contributed by atoms with van der Waals surface area (Å²) < 4.78 is 5.93. The molecule has 0 saturated carbocycles. The highest BCUT2D eigenvalue weighted by molar-refractivity contribution is 6.08. The Bertz CT molecular complexity index is 1670. The summed E-state index contributed by atoms with van der Waals surface area (Å²) >= 11 is 0. The van der Waals surface area contributed by atoms with Crippen molar-refractivity contribution in [1.82, 2.24) is 9.97 Å². The lowest BCUT2D eigenvalue weighted by Crippen LogP contribution is -2.10. The van der Waals surface area contributed by atoms with E-state index in [1.54, 1.807) is 0 Å². The lowest BCUT2D eigenvalue weighted by atomic mass is 9.87. The minimum atomic E-state index is -0.863. The summed E-state index contributed by atoms with van der Waals surface area (Å²) in [5.41, 5.74) is 10.8. The molecule has 36 heavy (non-hydrogen) atoms. The van der Waals surface area contributed by atoms with Gasteiger partial charge in [-0.3, -0.25) is 9.78 Å². The number of fused-ring (bicyclic) bond motifs is 1. The van der Waals surface area contributed by atoms with Crippen LogP contribution in [0.3, 0.4) is 0 Å². The van der Waals surface area contributed by atoms with Gasteiger partial charge in [-0.1, -0.05) is 24.3 Å². The van der Waals surface area contributed by atoms with E-state index in [0.29, 0.717) is 6.61 Å². The first-order chi connectivity index (χ1) is 17.4. The van der Waals surface area contributed by atoms with Crippen LogP contribution in [0.2, 0.25) is 0 Å². The molecule has 0 radical (unpaired) electrons. The highest BCUT2D eigenvalue weighted by atomic mass is 16.5. The maximum absolute atomic E-state index is 11.9. The molecule has 6 rings (SSSR count). The Kier molecular flexibility index (Phi) is 5.22. The highest BCUT2D eigenvalue weighted by Crippen LogP contribution is 2.42. The van der Waals surface area contributed by atoms with Crippen molar-refractivity contribution in [3.63, 3.8) is 0 Å². The summed E-state index contributed by atoms with van der Waals surface area (Å²) in [4.78, 5) is 21.8. The van der Waals surface area contributed by atoms with Gasteiger partial charge >= 0.3 is 5.97 Å². The molecule has 178 valence electrons. The van der Waals surface area contributed by atoms with Crippen LogP contribution in [0, 0.1) is 20.8 Å². The number of benzene rings is 3. The molecule has 0 aliphatic carbocycles.